The highest BCUT2D eigenvalue weighted by Gasteiger charge is 2.08. The van der Waals surface area contributed by atoms with E-state index in [1.807, 2.05) is 30.3 Å². The van der Waals surface area contributed by atoms with Gasteiger partial charge in [-0.1, -0.05) is 29.8 Å². The lowest BCUT2D eigenvalue weighted by Crippen LogP contribution is -1.78. The van der Waals surface area contributed by atoms with Gasteiger partial charge in [0.25, 0.3) is 0 Å². The number of aromatic nitrogens is 1. The molecule has 0 atom stereocenters. The molecule has 1 heterocycles. The Bertz CT molecular complexity index is 391. The predicted molar refractivity (Wildman–Crippen MR) is 51.4 cm³/mol. The number of nitrogen functional groups attached to an aromatic ring is 1. The number of hydrogen-bond acceptors (Lipinski definition) is 3. The second kappa shape index (κ2) is 3.11. The van der Waals surface area contributed by atoms with E-state index in [4.69, 9.17) is 21.8 Å². The van der Waals surface area contributed by atoms with E-state index < -0.39 is 0 Å². The van der Waals surface area contributed by atoms with Crippen LogP contribution >= 0.6 is 11.6 Å². The van der Waals surface area contributed by atoms with Crippen molar-refractivity contribution in [2.75, 3.05) is 5.73 Å². The Balaban J connectivity index is 2.48. The first kappa shape index (κ1) is 8.13. The van der Waals surface area contributed by atoms with Gasteiger partial charge in [-0.25, -0.2) is 0 Å². The van der Waals surface area contributed by atoms with Crippen molar-refractivity contribution < 1.29 is 4.42 Å². The fourth-order valence-electron chi connectivity index (χ4n) is 1.02. The van der Waals surface area contributed by atoms with Crippen molar-refractivity contribution in [3.63, 3.8) is 0 Å². The van der Waals surface area contributed by atoms with Gasteiger partial charge in [0.05, 0.1) is 0 Å². The van der Waals surface area contributed by atoms with Crippen LogP contribution in [0.4, 0.5) is 5.88 Å². The van der Waals surface area contributed by atoms with Crippen molar-refractivity contribution in [1.82, 2.24) is 4.98 Å². The Labute approximate surface area is 80.1 Å². The third kappa shape index (κ3) is 1.51. The summed E-state index contributed by atoms with van der Waals surface area (Å²) >= 11 is 5.65. The Kier molecular flexibility index (Phi) is 1.94. The molecule has 0 aliphatic rings. The Hall–Kier alpha value is -1.48. The van der Waals surface area contributed by atoms with Crippen LogP contribution in [0.3, 0.4) is 0 Å². The monoisotopic (exact) mass is 194 g/mol. The molecule has 0 spiro atoms. The molecule has 13 heavy (non-hydrogen) atoms. The second-order valence-corrected chi connectivity index (χ2v) is 2.90. The highest BCUT2D eigenvalue weighted by atomic mass is 35.5. The lowest BCUT2D eigenvalue weighted by Gasteiger charge is -1.91. The molecule has 0 fully saturated rings. The number of nitrogens with zero attached hydrogens (tertiary/aromatic N) is 1. The van der Waals surface area contributed by atoms with Crippen molar-refractivity contribution in [1.29, 1.82) is 0 Å². The molecule has 4 heteroatoms. The average Bonchev–Trinajstić information content (AvgIpc) is 2.49. The molecule has 0 unspecified atom stereocenters. The first-order valence-electron chi connectivity index (χ1n) is 3.74. The summed E-state index contributed by atoms with van der Waals surface area (Å²) in [4.78, 5) is 3.95. The van der Waals surface area contributed by atoms with Gasteiger partial charge >= 0.3 is 0 Å². The van der Waals surface area contributed by atoms with Crippen LogP contribution in [0.2, 0.25) is 5.15 Å². The maximum atomic E-state index is 5.65. The fraction of sp³-hybridized carbons (Fsp3) is 0. The Morgan fingerprint density at radius 3 is 2.46 bits per heavy atom. The smallest absolute Gasteiger partial charge is 0.230 e. The molecular weight excluding hydrogens is 188 g/mol. The number of rotatable bonds is 1. The number of hydrogen-bond donors (Lipinski definition) is 1. The van der Waals surface area contributed by atoms with Crippen molar-refractivity contribution in [3.8, 4) is 11.5 Å². The largest absolute Gasteiger partial charge is 0.419 e. The number of anilines is 1. The molecule has 0 radical (unpaired) electrons. The highest BCUT2D eigenvalue weighted by Crippen LogP contribution is 2.25. The number of nitrogens with two attached hydrogens (primary N) is 1. The van der Waals surface area contributed by atoms with E-state index in [0.29, 0.717) is 5.89 Å². The zero-order valence-electron chi connectivity index (χ0n) is 6.70. The van der Waals surface area contributed by atoms with Gasteiger partial charge in [0, 0.05) is 5.56 Å². The van der Waals surface area contributed by atoms with Gasteiger partial charge in [0.15, 0.2) is 5.15 Å². The molecule has 0 bridgehead atoms. The lowest BCUT2D eigenvalue weighted by atomic mass is 10.2. The number of oxazole rings is 1. The summed E-state index contributed by atoms with van der Waals surface area (Å²) in [5, 5.41) is 0.207. The van der Waals surface area contributed by atoms with E-state index in [0.717, 1.165) is 5.56 Å². The average molecular weight is 195 g/mol. The Morgan fingerprint density at radius 1 is 1.23 bits per heavy atom. The standard InChI is InChI=1S/C9H7ClN2O/c10-7-8(11)13-9(12-7)6-4-2-1-3-5-6/h1-5H,11H2. The summed E-state index contributed by atoms with van der Waals surface area (Å²) in [5.41, 5.74) is 6.28. The fourth-order valence-corrected chi connectivity index (χ4v) is 1.13. The minimum absolute atomic E-state index is 0.153. The van der Waals surface area contributed by atoms with E-state index in [2.05, 4.69) is 4.98 Å². The van der Waals surface area contributed by atoms with Crippen molar-refractivity contribution >= 4 is 17.5 Å². The van der Waals surface area contributed by atoms with Crippen LogP contribution in [0.1, 0.15) is 0 Å². The molecule has 2 N–H and O–H groups in total. The van der Waals surface area contributed by atoms with E-state index in [9.17, 15) is 0 Å². The maximum Gasteiger partial charge on any atom is 0.230 e. The molecule has 0 aliphatic heterocycles. The lowest BCUT2D eigenvalue weighted by molar-refractivity contribution is 0.594. The van der Waals surface area contributed by atoms with Gasteiger partial charge in [-0.05, 0) is 12.1 Å². The van der Waals surface area contributed by atoms with Crippen molar-refractivity contribution in [2.45, 2.75) is 0 Å². The molecule has 2 rings (SSSR count). The van der Waals surface area contributed by atoms with Gasteiger partial charge in [-0.15, -0.1) is 0 Å². The Morgan fingerprint density at radius 2 is 1.92 bits per heavy atom. The molecule has 0 aliphatic carbocycles. The van der Waals surface area contributed by atoms with E-state index in [-0.39, 0.29) is 11.0 Å². The number of benzene rings is 1. The second-order valence-electron chi connectivity index (χ2n) is 2.54. The van der Waals surface area contributed by atoms with Gasteiger partial charge in [0.2, 0.25) is 11.8 Å². The first-order valence-corrected chi connectivity index (χ1v) is 4.12. The zero-order chi connectivity index (χ0) is 9.26. The minimum Gasteiger partial charge on any atom is -0.419 e. The van der Waals surface area contributed by atoms with Crippen molar-refractivity contribution in [3.05, 3.63) is 35.5 Å². The van der Waals surface area contributed by atoms with Gasteiger partial charge in [-0.3, -0.25) is 0 Å². The molecule has 0 saturated carbocycles. The summed E-state index contributed by atoms with van der Waals surface area (Å²) in [6, 6.07) is 9.45. The number of halogens is 1. The minimum atomic E-state index is 0.153. The topological polar surface area (TPSA) is 52.0 Å². The maximum absolute atomic E-state index is 5.65. The van der Waals surface area contributed by atoms with Crippen LogP contribution in [-0.2, 0) is 0 Å². The summed E-state index contributed by atoms with van der Waals surface area (Å²) in [6.45, 7) is 0. The van der Waals surface area contributed by atoms with Crippen LogP contribution in [0, 0.1) is 0 Å². The molecule has 66 valence electrons. The normalized spacial score (nSPS) is 10.2. The van der Waals surface area contributed by atoms with Crippen LogP contribution in [-0.4, -0.2) is 4.98 Å². The van der Waals surface area contributed by atoms with E-state index in [1.54, 1.807) is 0 Å². The SMILES string of the molecule is Nc1oc(-c2ccccc2)nc1Cl. The molecule has 1 aromatic heterocycles. The predicted octanol–water partition coefficient (Wildman–Crippen LogP) is 2.58. The van der Waals surface area contributed by atoms with Crippen LogP contribution in [0.15, 0.2) is 34.7 Å². The quantitative estimate of drug-likeness (QED) is 0.759. The van der Waals surface area contributed by atoms with Crippen LogP contribution < -0.4 is 5.73 Å². The zero-order valence-corrected chi connectivity index (χ0v) is 7.45. The van der Waals surface area contributed by atoms with Crippen molar-refractivity contribution in [2.24, 2.45) is 0 Å². The molecule has 1 aromatic carbocycles. The van der Waals surface area contributed by atoms with E-state index >= 15 is 0 Å². The summed E-state index contributed by atoms with van der Waals surface area (Å²) in [6.07, 6.45) is 0. The molecular formula is C9H7ClN2O. The van der Waals surface area contributed by atoms with Crippen LogP contribution in [0.25, 0.3) is 11.5 Å². The van der Waals surface area contributed by atoms with Gasteiger partial charge in [-0.2, -0.15) is 4.98 Å². The summed E-state index contributed by atoms with van der Waals surface area (Å²) in [7, 11) is 0. The molecule has 0 saturated heterocycles. The van der Waals surface area contributed by atoms with Gasteiger partial charge in [0.1, 0.15) is 0 Å². The van der Waals surface area contributed by atoms with Gasteiger partial charge < -0.3 is 10.2 Å². The summed E-state index contributed by atoms with van der Waals surface area (Å²) < 4.78 is 5.14. The molecule has 3 nitrogen and oxygen atoms in total. The third-order valence-electron chi connectivity index (χ3n) is 1.63. The highest BCUT2D eigenvalue weighted by molar-refractivity contribution is 6.31. The third-order valence-corrected chi connectivity index (χ3v) is 1.90. The molecule has 2 aromatic rings. The van der Waals surface area contributed by atoms with Crippen LogP contribution in [0.5, 0.6) is 0 Å². The molecule has 0 amide bonds. The summed E-state index contributed by atoms with van der Waals surface area (Å²) in [5.74, 6) is 0.601. The first-order chi connectivity index (χ1) is 6.27. The van der Waals surface area contributed by atoms with E-state index in [1.165, 1.54) is 0 Å².